The molecule has 1 heterocycles. The Morgan fingerprint density at radius 2 is 1.68 bits per heavy atom. The van der Waals surface area contributed by atoms with Crippen LogP contribution in [0.3, 0.4) is 0 Å². The van der Waals surface area contributed by atoms with Crippen molar-refractivity contribution < 1.29 is 9.59 Å². The molecule has 0 radical (unpaired) electrons. The van der Waals surface area contributed by atoms with E-state index in [0.717, 1.165) is 17.0 Å². The summed E-state index contributed by atoms with van der Waals surface area (Å²) < 4.78 is 0. The second-order valence-electron chi connectivity index (χ2n) is 6.43. The fraction of sp³-hybridized carbons (Fsp3) is 0.182. The lowest BCUT2D eigenvalue weighted by molar-refractivity contribution is -0.114. The molecule has 3 aromatic rings. The summed E-state index contributed by atoms with van der Waals surface area (Å²) in [6.07, 6.45) is 0. The number of Topliss-reactive ketones (excluding diaryl/α,β-unsaturated/α-hetero) is 1. The molecule has 0 aliphatic carbocycles. The number of nitrogens with one attached hydrogen (secondary N) is 1. The molecule has 0 aliphatic rings. The molecular formula is C22H21N3O2S. The maximum absolute atomic E-state index is 12.8. The van der Waals surface area contributed by atoms with E-state index in [1.54, 1.807) is 24.3 Å². The predicted octanol–water partition coefficient (Wildman–Crippen LogP) is 4.77. The molecule has 0 spiro atoms. The Morgan fingerprint density at radius 1 is 1.00 bits per heavy atom. The van der Waals surface area contributed by atoms with Crippen molar-refractivity contribution in [2.75, 3.05) is 5.32 Å². The van der Waals surface area contributed by atoms with Gasteiger partial charge in [-0.25, -0.2) is 9.97 Å². The minimum absolute atomic E-state index is 0.00857. The van der Waals surface area contributed by atoms with E-state index in [9.17, 15) is 9.59 Å². The SMILES string of the molecule is CC(=O)Nc1ccc(C(=O)[C@@H](C)Sc2nc(C)cc(-c3ccccc3)n2)cc1. The van der Waals surface area contributed by atoms with Gasteiger partial charge in [-0.05, 0) is 44.2 Å². The molecule has 1 aromatic heterocycles. The third-order valence-corrected chi connectivity index (χ3v) is 5.01. The van der Waals surface area contributed by atoms with Gasteiger partial charge in [0, 0.05) is 29.4 Å². The largest absolute Gasteiger partial charge is 0.326 e. The van der Waals surface area contributed by atoms with E-state index < -0.39 is 0 Å². The van der Waals surface area contributed by atoms with Crippen molar-refractivity contribution in [1.82, 2.24) is 9.97 Å². The van der Waals surface area contributed by atoms with Crippen molar-refractivity contribution in [2.24, 2.45) is 0 Å². The number of aryl methyl sites for hydroxylation is 1. The van der Waals surface area contributed by atoms with Crippen molar-refractivity contribution in [3.63, 3.8) is 0 Å². The quantitative estimate of drug-likeness (QED) is 0.372. The first kappa shape index (κ1) is 19.8. The first-order valence-corrected chi connectivity index (χ1v) is 9.80. The number of aromatic nitrogens is 2. The van der Waals surface area contributed by atoms with Gasteiger partial charge in [-0.2, -0.15) is 0 Å². The van der Waals surface area contributed by atoms with Crippen LogP contribution in [-0.4, -0.2) is 26.9 Å². The number of amides is 1. The number of rotatable bonds is 6. The zero-order chi connectivity index (χ0) is 20.1. The van der Waals surface area contributed by atoms with Crippen LogP contribution < -0.4 is 5.32 Å². The summed E-state index contributed by atoms with van der Waals surface area (Å²) in [6.45, 7) is 5.22. The summed E-state index contributed by atoms with van der Waals surface area (Å²) >= 11 is 1.34. The van der Waals surface area contributed by atoms with Crippen molar-refractivity contribution in [3.05, 3.63) is 71.9 Å². The number of hydrogen-bond acceptors (Lipinski definition) is 5. The number of carbonyl (C=O) groups is 2. The van der Waals surface area contributed by atoms with Crippen LogP contribution in [0.5, 0.6) is 0 Å². The maximum Gasteiger partial charge on any atom is 0.221 e. The molecule has 6 heteroatoms. The van der Waals surface area contributed by atoms with Crippen LogP contribution in [0.2, 0.25) is 0 Å². The molecule has 0 saturated carbocycles. The van der Waals surface area contributed by atoms with E-state index in [1.807, 2.05) is 50.2 Å². The maximum atomic E-state index is 12.8. The first-order chi connectivity index (χ1) is 13.4. The van der Waals surface area contributed by atoms with E-state index in [4.69, 9.17) is 0 Å². The molecule has 1 N–H and O–H groups in total. The molecule has 1 amide bonds. The standard InChI is InChI=1S/C22H21N3O2S/c1-14-13-20(17-7-5-4-6-8-17)25-22(23-14)28-15(2)21(27)18-9-11-19(12-10-18)24-16(3)26/h4-13,15H,1-3H3,(H,24,26)/t15-/m1/s1. The number of benzene rings is 2. The van der Waals surface area contributed by atoms with Gasteiger partial charge in [-0.3, -0.25) is 9.59 Å². The average Bonchev–Trinajstić information content (AvgIpc) is 2.68. The zero-order valence-electron chi connectivity index (χ0n) is 16.0. The van der Waals surface area contributed by atoms with Gasteiger partial charge in [0.05, 0.1) is 10.9 Å². The van der Waals surface area contributed by atoms with Gasteiger partial charge < -0.3 is 5.32 Å². The molecule has 3 rings (SSSR count). The van der Waals surface area contributed by atoms with E-state index in [0.29, 0.717) is 16.4 Å². The second kappa shape index (κ2) is 8.80. The van der Waals surface area contributed by atoms with Crippen LogP contribution in [0.25, 0.3) is 11.3 Å². The lowest BCUT2D eigenvalue weighted by Crippen LogP contribution is -2.14. The number of thioether (sulfide) groups is 1. The summed E-state index contributed by atoms with van der Waals surface area (Å²) in [7, 11) is 0. The molecule has 142 valence electrons. The van der Waals surface area contributed by atoms with Crippen molar-refractivity contribution in [2.45, 2.75) is 31.2 Å². The Morgan fingerprint density at radius 3 is 2.32 bits per heavy atom. The zero-order valence-corrected chi connectivity index (χ0v) is 16.8. The van der Waals surface area contributed by atoms with Crippen LogP contribution in [-0.2, 0) is 4.79 Å². The molecule has 0 aliphatic heterocycles. The highest BCUT2D eigenvalue weighted by atomic mass is 32.2. The molecule has 0 fully saturated rings. The van der Waals surface area contributed by atoms with Gasteiger partial charge in [0.15, 0.2) is 10.9 Å². The van der Waals surface area contributed by atoms with E-state index in [-0.39, 0.29) is 16.9 Å². The summed E-state index contributed by atoms with van der Waals surface area (Å²) in [5.74, 6) is -0.153. The summed E-state index contributed by atoms with van der Waals surface area (Å²) in [5, 5.41) is 2.93. The predicted molar refractivity (Wildman–Crippen MR) is 113 cm³/mol. The molecular weight excluding hydrogens is 370 g/mol. The summed E-state index contributed by atoms with van der Waals surface area (Å²) in [6, 6.07) is 18.7. The topological polar surface area (TPSA) is 72.0 Å². The Bertz CT molecular complexity index is 988. The Balaban J connectivity index is 1.75. The second-order valence-corrected chi connectivity index (χ2v) is 7.73. The van der Waals surface area contributed by atoms with Gasteiger partial charge in [0.1, 0.15) is 0 Å². The average molecular weight is 391 g/mol. The third kappa shape index (κ3) is 5.04. The number of hydrogen-bond donors (Lipinski definition) is 1. The highest BCUT2D eigenvalue weighted by molar-refractivity contribution is 8.00. The lowest BCUT2D eigenvalue weighted by atomic mass is 10.1. The highest BCUT2D eigenvalue weighted by Gasteiger charge is 2.18. The number of nitrogens with zero attached hydrogens (tertiary/aromatic N) is 2. The first-order valence-electron chi connectivity index (χ1n) is 8.92. The van der Waals surface area contributed by atoms with Crippen LogP contribution in [0.1, 0.15) is 29.9 Å². The molecule has 2 aromatic carbocycles. The van der Waals surface area contributed by atoms with Gasteiger partial charge in [0.2, 0.25) is 5.91 Å². The van der Waals surface area contributed by atoms with E-state index in [2.05, 4.69) is 15.3 Å². The van der Waals surface area contributed by atoms with E-state index in [1.165, 1.54) is 18.7 Å². The number of carbonyl (C=O) groups excluding carboxylic acids is 2. The fourth-order valence-corrected chi connectivity index (χ4v) is 3.63. The lowest BCUT2D eigenvalue weighted by Gasteiger charge is -2.11. The number of anilines is 1. The molecule has 0 bridgehead atoms. The summed E-state index contributed by atoms with van der Waals surface area (Å²) in [4.78, 5) is 33.0. The third-order valence-electron chi connectivity index (χ3n) is 4.04. The van der Waals surface area contributed by atoms with Crippen molar-refractivity contribution in [1.29, 1.82) is 0 Å². The molecule has 1 atom stereocenters. The van der Waals surface area contributed by atoms with Gasteiger partial charge in [0.25, 0.3) is 0 Å². The monoisotopic (exact) mass is 391 g/mol. The van der Waals surface area contributed by atoms with Crippen molar-refractivity contribution in [3.8, 4) is 11.3 Å². The van der Waals surface area contributed by atoms with E-state index >= 15 is 0 Å². The molecule has 5 nitrogen and oxygen atoms in total. The van der Waals surface area contributed by atoms with Crippen molar-refractivity contribution >= 4 is 29.1 Å². The Kier molecular flexibility index (Phi) is 6.21. The van der Waals surface area contributed by atoms with Gasteiger partial charge in [-0.15, -0.1) is 0 Å². The van der Waals surface area contributed by atoms with Crippen LogP contribution >= 0.6 is 11.8 Å². The minimum atomic E-state index is -0.336. The fourth-order valence-electron chi connectivity index (χ4n) is 2.72. The van der Waals surface area contributed by atoms with Gasteiger partial charge >= 0.3 is 0 Å². The molecule has 0 unspecified atom stereocenters. The van der Waals surface area contributed by atoms with Crippen LogP contribution in [0.15, 0.2) is 65.8 Å². The van der Waals surface area contributed by atoms with Crippen LogP contribution in [0, 0.1) is 6.92 Å². The Labute approximate surface area is 168 Å². The normalized spacial score (nSPS) is 11.7. The van der Waals surface area contributed by atoms with Crippen LogP contribution in [0.4, 0.5) is 5.69 Å². The smallest absolute Gasteiger partial charge is 0.221 e. The summed E-state index contributed by atoms with van der Waals surface area (Å²) in [5.41, 5.74) is 3.97. The minimum Gasteiger partial charge on any atom is -0.326 e. The van der Waals surface area contributed by atoms with Gasteiger partial charge in [-0.1, -0.05) is 42.1 Å². The Hall–Kier alpha value is -2.99. The molecule has 0 saturated heterocycles. The molecule has 28 heavy (non-hydrogen) atoms. The number of ketones is 1. The highest BCUT2D eigenvalue weighted by Crippen LogP contribution is 2.26.